The summed E-state index contributed by atoms with van der Waals surface area (Å²) in [6.07, 6.45) is 1.17. The van der Waals surface area contributed by atoms with Crippen LogP contribution in [0.15, 0.2) is 53.4 Å². The molecule has 0 bridgehead atoms. The molecule has 2 heteroatoms. The Morgan fingerprint density at radius 3 is 2.52 bits per heavy atom. The van der Waals surface area contributed by atoms with Gasteiger partial charge in [0.1, 0.15) is 0 Å². The van der Waals surface area contributed by atoms with Crippen molar-refractivity contribution in [2.45, 2.75) is 43.9 Å². The number of thioether (sulfide) groups is 1. The Morgan fingerprint density at radius 1 is 1.05 bits per heavy atom. The Balaban J connectivity index is 2.08. The summed E-state index contributed by atoms with van der Waals surface area (Å²) in [6.45, 7) is 7.71. The lowest BCUT2D eigenvalue weighted by atomic mass is 10.1. The van der Waals surface area contributed by atoms with Crippen LogP contribution in [-0.4, -0.2) is 6.54 Å². The van der Waals surface area contributed by atoms with E-state index in [2.05, 4.69) is 74.6 Å². The SMILES string of the molecule is CCCNC(C)c1ccccc1SCc1ccccc1C. The molecule has 1 atom stereocenters. The van der Waals surface area contributed by atoms with Crippen LogP contribution < -0.4 is 5.32 Å². The van der Waals surface area contributed by atoms with Crippen molar-refractivity contribution in [1.29, 1.82) is 0 Å². The fraction of sp³-hybridized carbons (Fsp3) is 0.368. The molecule has 21 heavy (non-hydrogen) atoms. The highest BCUT2D eigenvalue weighted by Crippen LogP contribution is 2.30. The van der Waals surface area contributed by atoms with Gasteiger partial charge in [0.2, 0.25) is 0 Å². The molecule has 0 saturated heterocycles. The molecule has 0 fully saturated rings. The number of hydrogen-bond donors (Lipinski definition) is 1. The Kier molecular flexibility index (Phi) is 6.34. The predicted molar refractivity (Wildman–Crippen MR) is 93.9 cm³/mol. The van der Waals surface area contributed by atoms with Crippen molar-refractivity contribution in [3.8, 4) is 0 Å². The maximum atomic E-state index is 3.59. The summed E-state index contributed by atoms with van der Waals surface area (Å²) in [5.74, 6) is 1.03. The van der Waals surface area contributed by atoms with Crippen molar-refractivity contribution < 1.29 is 0 Å². The lowest BCUT2D eigenvalue weighted by Gasteiger charge is -2.17. The number of nitrogens with one attached hydrogen (secondary N) is 1. The predicted octanol–water partition coefficient (Wildman–Crippen LogP) is 5.35. The number of rotatable bonds is 7. The summed E-state index contributed by atoms with van der Waals surface area (Å²) < 4.78 is 0. The van der Waals surface area contributed by atoms with E-state index in [-0.39, 0.29) is 0 Å². The summed E-state index contributed by atoms with van der Waals surface area (Å²) in [6, 6.07) is 17.8. The van der Waals surface area contributed by atoms with Crippen LogP contribution >= 0.6 is 11.8 Å². The molecule has 2 aromatic rings. The van der Waals surface area contributed by atoms with Gasteiger partial charge in [-0.1, -0.05) is 49.4 Å². The maximum Gasteiger partial charge on any atom is 0.0302 e. The molecule has 0 aromatic heterocycles. The van der Waals surface area contributed by atoms with E-state index in [0.29, 0.717) is 6.04 Å². The Bertz CT molecular complexity index is 565. The van der Waals surface area contributed by atoms with Crippen molar-refractivity contribution in [2.24, 2.45) is 0 Å². The van der Waals surface area contributed by atoms with E-state index >= 15 is 0 Å². The molecule has 2 aromatic carbocycles. The van der Waals surface area contributed by atoms with Crippen LogP contribution in [0.4, 0.5) is 0 Å². The average molecular weight is 299 g/mol. The molecule has 0 aliphatic carbocycles. The third kappa shape index (κ3) is 4.62. The molecular formula is C19H25NS. The van der Waals surface area contributed by atoms with Gasteiger partial charge in [-0.3, -0.25) is 0 Å². The lowest BCUT2D eigenvalue weighted by molar-refractivity contribution is 0.564. The standard InChI is InChI=1S/C19H25NS/c1-4-13-20-16(3)18-11-7-8-12-19(18)21-14-17-10-6-5-9-15(17)2/h5-12,16,20H,4,13-14H2,1-3H3. The maximum absolute atomic E-state index is 3.59. The molecule has 1 nitrogen and oxygen atoms in total. The first-order valence-corrected chi connectivity index (χ1v) is 8.70. The Labute approximate surface area is 133 Å². The number of hydrogen-bond acceptors (Lipinski definition) is 2. The third-order valence-electron chi connectivity index (χ3n) is 3.73. The average Bonchev–Trinajstić information content (AvgIpc) is 2.52. The normalized spacial score (nSPS) is 12.3. The van der Waals surface area contributed by atoms with Crippen LogP contribution in [-0.2, 0) is 5.75 Å². The quantitative estimate of drug-likeness (QED) is 0.692. The monoisotopic (exact) mass is 299 g/mol. The summed E-state index contributed by atoms with van der Waals surface area (Å²) in [7, 11) is 0. The minimum Gasteiger partial charge on any atom is -0.310 e. The van der Waals surface area contributed by atoms with Gasteiger partial charge in [0, 0.05) is 16.7 Å². The minimum absolute atomic E-state index is 0.408. The third-order valence-corrected chi connectivity index (χ3v) is 4.87. The molecule has 0 spiro atoms. The van der Waals surface area contributed by atoms with Gasteiger partial charge in [-0.15, -0.1) is 11.8 Å². The van der Waals surface area contributed by atoms with Crippen molar-refractivity contribution in [3.63, 3.8) is 0 Å². The van der Waals surface area contributed by atoms with E-state index in [9.17, 15) is 0 Å². The molecule has 112 valence electrons. The van der Waals surface area contributed by atoms with Crippen LogP contribution in [0.25, 0.3) is 0 Å². The van der Waals surface area contributed by atoms with Crippen molar-refractivity contribution in [1.82, 2.24) is 5.32 Å². The highest BCUT2D eigenvalue weighted by atomic mass is 32.2. The summed E-state index contributed by atoms with van der Waals surface area (Å²) in [4.78, 5) is 1.39. The van der Waals surface area contributed by atoms with E-state index in [1.54, 1.807) is 0 Å². The second kappa shape index (κ2) is 8.26. The van der Waals surface area contributed by atoms with E-state index in [1.807, 2.05) is 11.8 Å². The van der Waals surface area contributed by atoms with E-state index in [1.165, 1.54) is 28.0 Å². The molecule has 0 radical (unpaired) electrons. The van der Waals surface area contributed by atoms with Crippen molar-refractivity contribution >= 4 is 11.8 Å². The van der Waals surface area contributed by atoms with Crippen LogP contribution in [0.1, 0.15) is 43.0 Å². The molecular weight excluding hydrogens is 274 g/mol. The van der Waals surface area contributed by atoms with Crippen LogP contribution in [0.5, 0.6) is 0 Å². The zero-order valence-corrected chi connectivity index (χ0v) is 14.0. The van der Waals surface area contributed by atoms with Crippen LogP contribution in [0.2, 0.25) is 0 Å². The topological polar surface area (TPSA) is 12.0 Å². The fourth-order valence-electron chi connectivity index (χ4n) is 2.37. The van der Waals surface area contributed by atoms with Crippen molar-refractivity contribution in [2.75, 3.05) is 6.54 Å². The summed E-state index contributed by atoms with van der Waals surface area (Å²) in [5, 5.41) is 3.59. The van der Waals surface area contributed by atoms with Crippen LogP contribution in [0.3, 0.4) is 0 Å². The highest BCUT2D eigenvalue weighted by molar-refractivity contribution is 7.98. The first kappa shape index (κ1) is 16.1. The van der Waals surface area contributed by atoms with Crippen molar-refractivity contribution in [3.05, 3.63) is 65.2 Å². The molecule has 1 N–H and O–H groups in total. The van der Waals surface area contributed by atoms with Crippen LogP contribution in [0, 0.1) is 6.92 Å². The first-order chi connectivity index (χ1) is 10.2. The smallest absolute Gasteiger partial charge is 0.0302 e. The lowest BCUT2D eigenvalue weighted by Crippen LogP contribution is -2.19. The van der Waals surface area contributed by atoms with Gasteiger partial charge in [0.05, 0.1) is 0 Å². The minimum atomic E-state index is 0.408. The molecule has 0 heterocycles. The van der Waals surface area contributed by atoms with E-state index < -0.39 is 0 Å². The van der Waals surface area contributed by atoms with Gasteiger partial charge < -0.3 is 5.32 Å². The highest BCUT2D eigenvalue weighted by Gasteiger charge is 2.10. The molecule has 2 rings (SSSR count). The van der Waals surface area contributed by atoms with E-state index in [4.69, 9.17) is 0 Å². The van der Waals surface area contributed by atoms with E-state index in [0.717, 1.165) is 12.3 Å². The van der Waals surface area contributed by atoms with Gasteiger partial charge >= 0.3 is 0 Å². The number of benzene rings is 2. The van der Waals surface area contributed by atoms with Gasteiger partial charge in [-0.05, 0) is 49.6 Å². The van der Waals surface area contributed by atoms with Gasteiger partial charge in [0.25, 0.3) is 0 Å². The van der Waals surface area contributed by atoms with Gasteiger partial charge in [-0.2, -0.15) is 0 Å². The fourth-order valence-corrected chi connectivity index (χ4v) is 3.59. The molecule has 0 aliphatic heterocycles. The Hall–Kier alpha value is -1.25. The zero-order valence-electron chi connectivity index (χ0n) is 13.2. The molecule has 0 aliphatic rings. The first-order valence-electron chi connectivity index (χ1n) is 7.72. The summed E-state index contributed by atoms with van der Waals surface area (Å²) in [5.41, 5.74) is 4.20. The second-order valence-corrected chi connectivity index (χ2v) is 6.45. The molecule has 0 amide bonds. The summed E-state index contributed by atoms with van der Waals surface area (Å²) >= 11 is 1.94. The second-order valence-electron chi connectivity index (χ2n) is 5.43. The largest absolute Gasteiger partial charge is 0.310 e. The van der Waals surface area contributed by atoms with Gasteiger partial charge in [0.15, 0.2) is 0 Å². The molecule has 1 unspecified atom stereocenters. The zero-order chi connectivity index (χ0) is 15.1. The van der Waals surface area contributed by atoms with Gasteiger partial charge in [-0.25, -0.2) is 0 Å². The molecule has 0 saturated carbocycles. The number of aryl methyl sites for hydroxylation is 1. The Morgan fingerprint density at radius 2 is 1.76 bits per heavy atom.